The fourth-order valence-electron chi connectivity index (χ4n) is 3.11. The maximum atomic E-state index is 13.4. The number of carbonyl (C=O) groups excluding carboxylic acids is 1. The molecule has 0 aliphatic carbocycles. The Balaban J connectivity index is 1.65. The Hall–Kier alpha value is -3.30. The number of amides is 1. The Labute approximate surface area is 185 Å². The third-order valence-electron chi connectivity index (χ3n) is 4.86. The van der Waals surface area contributed by atoms with Crippen LogP contribution in [0.4, 0.5) is 14.5 Å². The van der Waals surface area contributed by atoms with Gasteiger partial charge in [-0.05, 0) is 62.1 Å². The number of sulfonamides is 1. The van der Waals surface area contributed by atoms with E-state index in [9.17, 15) is 22.0 Å². The van der Waals surface area contributed by atoms with Crippen LogP contribution in [0.15, 0.2) is 77.7 Å². The van der Waals surface area contributed by atoms with Gasteiger partial charge in [-0.15, -0.1) is 0 Å². The van der Waals surface area contributed by atoms with Gasteiger partial charge in [0.1, 0.15) is 0 Å². The first-order valence-electron chi connectivity index (χ1n) is 9.75. The minimum absolute atomic E-state index is 0.0117. The molecule has 0 radical (unpaired) electrons. The number of carbonyl (C=O) groups is 1. The summed E-state index contributed by atoms with van der Waals surface area (Å²) >= 11 is 0. The number of benzene rings is 3. The summed E-state index contributed by atoms with van der Waals surface area (Å²) in [6, 6.07) is 17.9. The van der Waals surface area contributed by atoms with Gasteiger partial charge in [-0.1, -0.05) is 30.3 Å². The van der Waals surface area contributed by atoms with Crippen LogP contribution in [0.3, 0.4) is 0 Å². The molecular weight excluding hydrogens is 436 g/mol. The molecule has 3 aromatic rings. The van der Waals surface area contributed by atoms with Crippen LogP contribution in [0.5, 0.6) is 0 Å². The van der Waals surface area contributed by atoms with E-state index in [0.29, 0.717) is 18.2 Å². The SMILES string of the molecule is CN(C)[C@@H](CNC(=O)c1ccc(NS(=O)(=O)c2ccc(F)c(F)c2)cc1)c1ccccc1. The molecule has 3 rings (SSSR count). The molecule has 32 heavy (non-hydrogen) atoms. The molecule has 0 aromatic heterocycles. The summed E-state index contributed by atoms with van der Waals surface area (Å²) in [5.41, 5.74) is 1.60. The van der Waals surface area contributed by atoms with Crippen molar-refractivity contribution in [2.45, 2.75) is 10.9 Å². The number of hydrogen-bond acceptors (Lipinski definition) is 4. The lowest BCUT2D eigenvalue weighted by Gasteiger charge is -2.25. The molecule has 0 spiro atoms. The van der Waals surface area contributed by atoms with Crippen LogP contribution in [0.25, 0.3) is 0 Å². The molecule has 0 bridgehead atoms. The minimum atomic E-state index is -4.11. The number of likely N-dealkylation sites (N-methyl/N-ethyl adjacent to an activating group) is 1. The van der Waals surface area contributed by atoms with Gasteiger partial charge >= 0.3 is 0 Å². The number of hydrogen-bond donors (Lipinski definition) is 2. The Bertz CT molecular complexity index is 1180. The van der Waals surface area contributed by atoms with Gasteiger partial charge in [0.25, 0.3) is 15.9 Å². The lowest BCUT2D eigenvalue weighted by Crippen LogP contribution is -2.34. The van der Waals surface area contributed by atoms with Crippen molar-refractivity contribution < 1.29 is 22.0 Å². The second-order valence-electron chi connectivity index (χ2n) is 7.36. The van der Waals surface area contributed by atoms with Crippen molar-refractivity contribution in [1.82, 2.24) is 10.2 Å². The minimum Gasteiger partial charge on any atom is -0.350 e. The van der Waals surface area contributed by atoms with Crippen LogP contribution >= 0.6 is 0 Å². The topological polar surface area (TPSA) is 78.5 Å². The molecular formula is C23H23F2N3O3S. The van der Waals surface area contributed by atoms with Crippen molar-refractivity contribution in [2.24, 2.45) is 0 Å². The first-order valence-corrected chi connectivity index (χ1v) is 11.2. The molecule has 0 saturated carbocycles. The molecule has 1 amide bonds. The zero-order valence-electron chi connectivity index (χ0n) is 17.5. The largest absolute Gasteiger partial charge is 0.350 e. The van der Waals surface area contributed by atoms with Gasteiger partial charge in [0.05, 0.1) is 10.9 Å². The van der Waals surface area contributed by atoms with E-state index in [1.54, 1.807) is 0 Å². The number of rotatable bonds is 8. The monoisotopic (exact) mass is 459 g/mol. The van der Waals surface area contributed by atoms with Gasteiger partial charge in [0.2, 0.25) is 0 Å². The van der Waals surface area contributed by atoms with Crippen molar-refractivity contribution in [1.29, 1.82) is 0 Å². The first-order chi connectivity index (χ1) is 15.2. The van der Waals surface area contributed by atoms with E-state index in [1.165, 1.54) is 24.3 Å². The lowest BCUT2D eigenvalue weighted by atomic mass is 10.1. The van der Waals surface area contributed by atoms with Crippen LogP contribution in [-0.2, 0) is 10.0 Å². The zero-order valence-corrected chi connectivity index (χ0v) is 18.4. The molecule has 1 atom stereocenters. The van der Waals surface area contributed by atoms with E-state index in [4.69, 9.17) is 0 Å². The average Bonchev–Trinajstić information content (AvgIpc) is 2.76. The Kier molecular flexibility index (Phi) is 7.22. The normalized spacial score (nSPS) is 12.4. The molecule has 0 heterocycles. The quantitative estimate of drug-likeness (QED) is 0.537. The van der Waals surface area contributed by atoms with E-state index in [2.05, 4.69) is 10.0 Å². The fraction of sp³-hybridized carbons (Fsp3) is 0.174. The van der Waals surface area contributed by atoms with Crippen LogP contribution in [-0.4, -0.2) is 39.9 Å². The van der Waals surface area contributed by atoms with Gasteiger partial charge in [-0.2, -0.15) is 0 Å². The molecule has 2 N–H and O–H groups in total. The molecule has 0 fully saturated rings. The van der Waals surface area contributed by atoms with E-state index in [1.807, 2.05) is 49.3 Å². The van der Waals surface area contributed by atoms with Gasteiger partial charge in [0, 0.05) is 17.8 Å². The Morgan fingerprint density at radius 3 is 2.19 bits per heavy atom. The zero-order chi connectivity index (χ0) is 23.3. The highest BCUT2D eigenvalue weighted by atomic mass is 32.2. The summed E-state index contributed by atoms with van der Waals surface area (Å²) < 4.78 is 53.4. The summed E-state index contributed by atoms with van der Waals surface area (Å²) in [4.78, 5) is 14.1. The van der Waals surface area contributed by atoms with Gasteiger partial charge in [0.15, 0.2) is 11.6 Å². The van der Waals surface area contributed by atoms with Gasteiger partial charge in [-0.3, -0.25) is 9.52 Å². The van der Waals surface area contributed by atoms with Crippen LogP contribution in [0.2, 0.25) is 0 Å². The van der Waals surface area contributed by atoms with E-state index in [0.717, 1.165) is 17.7 Å². The molecule has 0 aliphatic rings. The first kappa shape index (κ1) is 23.4. The Morgan fingerprint density at radius 1 is 0.938 bits per heavy atom. The second-order valence-corrected chi connectivity index (χ2v) is 9.04. The third-order valence-corrected chi connectivity index (χ3v) is 6.24. The van der Waals surface area contributed by atoms with Crippen molar-refractivity contribution in [3.05, 3.63) is 95.6 Å². The molecule has 9 heteroatoms. The van der Waals surface area contributed by atoms with E-state index >= 15 is 0 Å². The summed E-state index contributed by atoms with van der Waals surface area (Å²) in [6.45, 7) is 0.389. The number of halogens is 2. The summed E-state index contributed by atoms with van der Waals surface area (Å²) in [6.07, 6.45) is 0. The lowest BCUT2D eigenvalue weighted by molar-refractivity contribution is 0.0942. The highest BCUT2D eigenvalue weighted by Gasteiger charge is 2.18. The molecule has 0 saturated heterocycles. The van der Waals surface area contributed by atoms with Gasteiger partial charge in [-0.25, -0.2) is 17.2 Å². The predicted octanol–water partition coefficient (Wildman–Crippen LogP) is 3.80. The van der Waals surface area contributed by atoms with Crippen molar-refractivity contribution in [2.75, 3.05) is 25.4 Å². The van der Waals surface area contributed by atoms with E-state index < -0.39 is 26.6 Å². The highest BCUT2D eigenvalue weighted by molar-refractivity contribution is 7.92. The number of nitrogens with zero attached hydrogens (tertiary/aromatic N) is 1. The van der Waals surface area contributed by atoms with E-state index in [-0.39, 0.29) is 17.6 Å². The van der Waals surface area contributed by atoms with Crippen LogP contribution < -0.4 is 10.0 Å². The van der Waals surface area contributed by atoms with Crippen molar-refractivity contribution in [3.63, 3.8) is 0 Å². The smallest absolute Gasteiger partial charge is 0.261 e. The maximum Gasteiger partial charge on any atom is 0.261 e. The van der Waals surface area contributed by atoms with Gasteiger partial charge < -0.3 is 10.2 Å². The summed E-state index contributed by atoms with van der Waals surface area (Å²) in [5, 5.41) is 2.89. The van der Waals surface area contributed by atoms with Crippen molar-refractivity contribution in [3.8, 4) is 0 Å². The fourth-order valence-corrected chi connectivity index (χ4v) is 4.18. The maximum absolute atomic E-state index is 13.4. The third kappa shape index (κ3) is 5.68. The van der Waals surface area contributed by atoms with Crippen LogP contribution in [0, 0.1) is 11.6 Å². The average molecular weight is 460 g/mol. The molecule has 3 aromatic carbocycles. The summed E-state index contributed by atoms with van der Waals surface area (Å²) in [7, 11) is -0.253. The molecule has 6 nitrogen and oxygen atoms in total. The van der Waals surface area contributed by atoms with Crippen molar-refractivity contribution >= 4 is 21.6 Å². The molecule has 0 unspecified atom stereocenters. The summed E-state index contributed by atoms with van der Waals surface area (Å²) in [5.74, 6) is -2.70. The number of anilines is 1. The number of nitrogens with one attached hydrogen (secondary N) is 2. The predicted molar refractivity (Wildman–Crippen MR) is 119 cm³/mol. The standard InChI is InChI=1S/C23H23F2N3O3S/c1-28(2)22(16-6-4-3-5-7-16)15-26-23(29)17-8-10-18(11-9-17)27-32(30,31)19-12-13-20(24)21(25)14-19/h3-14,22,27H,15H2,1-2H3,(H,26,29)/t22-/m0/s1. The molecule has 168 valence electrons. The second kappa shape index (κ2) is 9.88. The highest BCUT2D eigenvalue weighted by Crippen LogP contribution is 2.20. The Morgan fingerprint density at radius 2 is 1.59 bits per heavy atom. The molecule has 0 aliphatic heterocycles. The van der Waals surface area contributed by atoms with Crippen LogP contribution in [0.1, 0.15) is 22.0 Å².